The van der Waals surface area contributed by atoms with E-state index in [-0.39, 0.29) is 15.9 Å². The second-order valence-electron chi connectivity index (χ2n) is 5.55. The Hall–Kier alpha value is -3.24. The number of carbonyl (C=O) groups excluding carboxylic acids is 1. The van der Waals surface area contributed by atoms with Gasteiger partial charge in [-0.15, -0.1) is 0 Å². The number of nitrogens with zero attached hydrogens (tertiary/aromatic N) is 2. The molecule has 1 amide bonds. The van der Waals surface area contributed by atoms with Crippen LogP contribution >= 0.6 is 24.0 Å². The number of benzene rings is 2. The van der Waals surface area contributed by atoms with E-state index in [4.69, 9.17) is 22.1 Å². The van der Waals surface area contributed by atoms with Gasteiger partial charge in [0.05, 0.1) is 15.5 Å². The predicted molar refractivity (Wildman–Crippen MR) is 108 cm³/mol. The number of hydrogen-bond donors (Lipinski definition) is 1. The first kappa shape index (κ1) is 19.5. The molecule has 0 unspecified atom stereocenters. The van der Waals surface area contributed by atoms with Gasteiger partial charge in [0.1, 0.15) is 5.75 Å². The van der Waals surface area contributed by atoms with Crippen LogP contribution in [0.25, 0.3) is 6.08 Å². The van der Waals surface area contributed by atoms with Crippen molar-refractivity contribution in [2.75, 3.05) is 11.5 Å². The standard InChI is InChI=1S/C18H12N2O6S2/c21-16(22)10-26-14-6-4-11(5-7-14)8-15-17(23)19(18(27)28-15)12-2-1-3-13(9-12)20(24)25/h1-9H,10H2,(H,21,22)/b15-8-. The summed E-state index contributed by atoms with van der Waals surface area (Å²) in [6, 6.07) is 12.2. The lowest BCUT2D eigenvalue weighted by atomic mass is 10.2. The van der Waals surface area contributed by atoms with Crippen LogP contribution in [0.5, 0.6) is 5.75 Å². The molecule has 10 heteroatoms. The number of thiocarbonyl (C=S) groups is 1. The Morgan fingerprint density at radius 1 is 1.29 bits per heavy atom. The fourth-order valence-electron chi connectivity index (χ4n) is 2.39. The van der Waals surface area contributed by atoms with Crippen LogP contribution in [0.1, 0.15) is 5.56 Å². The number of carboxylic acids is 1. The van der Waals surface area contributed by atoms with Crippen molar-refractivity contribution in [2.24, 2.45) is 0 Å². The first-order valence-corrected chi connectivity index (χ1v) is 9.04. The van der Waals surface area contributed by atoms with Crippen molar-refractivity contribution in [2.45, 2.75) is 0 Å². The first-order valence-electron chi connectivity index (χ1n) is 7.82. The largest absolute Gasteiger partial charge is 0.482 e. The number of non-ortho nitro benzene ring substituents is 1. The third kappa shape index (κ3) is 4.35. The molecule has 0 bridgehead atoms. The van der Waals surface area contributed by atoms with Gasteiger partial charge in [0, 0.05) is 12.1 Å². The highest BCUT2D eigenvalue weighted by molar-refractivity contribution is 8.27. The molecule has 0 aromatic heterocycles. The van der Waals surface area contributed by atoms with E-state index < -0.39 is 17.5 Å². The number of rotatable bonds is 6. The summed E-state index contributed by atoms with van der Waals surface area (Å²) in [7, 11) is 0. The van der Waals surface area contributed by atoms with E-state index in [0.29, 0.717) is 21.9 Å². The van der Waals surface area contributed by atoms with Crippen molar-refractivity contribution < 1.29 is 24.4 Å². The van der Waals surface area contributed by atoms with Gasteiger partial charge < -0.3 is 9.84 Å². The molecule has 1 fully saturated rings. The summed E-state index contributed by atoms with van der Waals surface area (Å²) in [5.74, 6) is -1.06. The zero-order chi connectivity index (χ0) is 20.3. The molecule has 0 aliphatic carbocycles. The maximum absolute atomic E-state index is 12.7. The Bertz CT molecular complexity index is 1000. The van der Waals surface area contributed by atoms with Crippen LogP contribution in [0, 0.1) is 10.1 Å². The molecule has 1 N–H and O–H groups in total. The SMILES string of the molecule is O=C(O)COc1ccc(/C=C2\SC(=S)N(c3cccc([N+](=O)[O-])c3)C2=O)cc1. The van der Waals surface area contributed by atoms with Crippen molar-refractivity contribution in [1.29, 1.82) is 0 Å². The zero-order valence-electron chi connectivity index (χ0n) is 14.1. The minimum absolute atomic E-state index is 0.132. The quantitative estimate of drug-likeness (QED) is 0.330. The lowest BCUT2D eigenvalue weighted by Crippen LogP contribution is -2.27. The summed E-state index contributed by atoms with van der Waals surface area (Å²) >= 11 is 6.36. The van der Waals surface area contributed by atoms with Gasteiger partial charge in [-0.2, -0.15) is 0 Å². The Morgan fingerprint density at radius 3 is 2.64 bits per heavy atom. The highest BCUT2D eigenvalue weighted by Gasteiger charge is 2.33. The molecule has 28 heavy (non-hydrogen) atoms. The van der Waals surface area contributed by atoms with Gasteiger partial charge in [0.2, 0.25) is 0 Å². The van der Waals surface area contributed by atoms with E-state index in [1.807, 2.05) is 0 Å². The molecule has 1 aliphatic heterocycles. The molecule has 0 saturated carbocycles. The maximum Gasteiger partial charge on any atom is 0.341 e. The van der Waals surface area contributed by atoms with E-state index in [1.165, 1.54) is 23.1 Å². The number of ether oxygens (including phenoxy) is 1. The second-order valence-corrected chi connectivity index (χ2v) is 7.22. The summed E-state index contributed by atoms with van der Waals surface area (Å²) in [4.78, 5) is 35.3. The molecular formula is C18H12N2O6S2. The minimum Gasteiger partial charge on any atom is -0.482 e. The van der Waals surface area contributed by atoms with Crippen molar-refractivity contribution in [1.82, 2.24) is 0 Å². The van der Waals surface area contributed by atoms with Crippen LogP contribution in [0.2, 0.25) is 0 Å². The molecule has 2 aromatic rings. The van der Waals surface area contributed by atoms with E-state index in [1.54, 1.807) is 36.4 Å². The molecule has 142 valence electrons. The summed E-state index contributed by atoms with van der Waals surface area (Å²) in [5, 5.41) is 19.6. The van der Waals surface area contributed by atoms with Gasteiger partial charge in [-0.25, -0.2) is 4.79 Å². The molecule has 1 aliphatic rings. The molecule has 0 spiro atoms. The van der Waals surface area contributed by atoms with Gasteiger partial charge >= 0.3 is 5.97 Å². The number of nitro benzene ring substituents is 1. The van der Waals surface area contributed by atoms with Crippen LogP contribution in [0.4, 0.5) is 11.4 Å². The van der Waals surface area contributed by atoms with Crippen LogP contribution in [0.3, 0.4) is 0 Å². The summed E-state index contributed by atoms with van der Waals surface area (Å²) in [6.07, 6.45) is 1.64. The Kier molecular flexibility index (Phi) is 5.71. The third-order valence-corrected chi connectivity index (χ3v) is 4.93. The fourth-order valence-corrected chi connectivity index (χ4v) is 3.69. The van der Waals surface area contributed by atoms with Crippen LogP contribution in [0.15, 0.2) is 53.4 Å². The van der Waals surface area contributed by atoms with Crippen LogP contribution in [-0.2, 0) is 9.59 Å². The monoisotopic (exact) mass is 416 g/mol. The highest BCUT2D eigenvalue weighted by atomic mass is 32.2. The van der Waals surface area contributed by atoms with Gasteiger partial charge in [-0.05, 0) is 29.8 Å². The number of carbonyl (C=O) groups is 2. The normalized spacial score (nSPS) is 15.1. The van der Waals surface area contributed by atoms with Gasteiger partial charge in [-0.3, -0.25) is 19.8 Å². The number of thioether (sulfide) groups is 1. The lowest BCUT2D eigenvalue weighted by Gasteiger charge is -2.13. The van der Waals surface area contributed by atoms with Crippen molar-refractivity contribution >= 4 is 57.6 Å². The van der Waals surface area contributed by atoms with Gasteiger partial charge in [0.25, 0.3) is 11.6 Å². The Balaban J connectivity index is 1.80. The van der Waals surface area contributed by atoms with E-state index in [9.17, 15) is 19.7 Å². The van der Waals surface area contributed by atoms with Gasteiger partial charge in [0.15, 0.2) is 10.9 Å². The average molecular weight is 416 g/mol. The maximum atomic E-state index is 12.7. The van der Waals surface area contributed by atoms with Crippen molar-refractivity contribution in [3.63, 3.8) is 0 Å². The molecule has 1 saturated heterocycles. The molecular weight excluding hydrogens is 404 g/mol. The second kappa shape index (κ2) is 8.19. The first-order chi connectivity index (χ1) is 13.3. The topological polar surface area (TPSA) is 110 Å². The van der Waals surface area contributed by atoms with E-state index in [0.717, 1.165) is 11.8 Å². The Morgan fingerprint density at radius 2 is 2.00 bits per heavy atom. The van der Waals surface area contributed by atoms with Gasteiger partial charge in [-0.1, -0.05) is 42.2 Å². The van der Waals surface area contributed by atoms with E-state index >= 15 is 0 Å². The van der Waals surface area contributed by atoms with E-state index in [2.05, 4.69) is 0 Å². The number of carboxylic acid groups (broad SMARTS) is 1. The van der Waals surface area contributed by atoms with Crippen molar-refractivity contribution in [3.05, 3.63) is 69.1 Å². The Labute approximate surface area is 168 Å². The highest BCUT2D eigenvalue weighted by Crippen LogP contribution is 2.37. The molecule has 0 atom stereocenters. The summed E-state index contributed by atoms with van der Waals surface area (Å²) in [6.45, 7) is -0.443. The lowest BCUT2D eigenvalue weighted by molar-refractivity contribution is -0.384. The number of hydrogen-bond acceptors (Lipinski definition) is 7. The average Bonchev–Trinajstić information content (AvgIpc) is 2.94. The number of anilines is 1. The summed E-state index contributed by atoms with van der Waals surface area (Å²) in [5.41, 5.74) is 0.896. The number of nitro groups is 1. The fraction of sp³-hybridized carbons (Fsp3) is 0.0556. The molecule has 3 rings (SSSR count). The third-order valence-electron chi connectivity index (χ3n) is 3.63. The minimum atomic E-state index is -1.08. The smallest absolute Gasteiger partial charge is 0.341 e. The van der Waals surface area contributed by atoms with Crippen LogP contribution in [-0.4, -0.2) is 32.8 Å². The summed E-state index contributed by atoms with van der Waals surface area (Å²) < 4.78 is 5.34. The number of amides is 1. The zero-order valence-corrected chi connectivity index (χ0v) is 15.7. The number of aliphatic carboxylic acids is 1. The molecule has 8 nitrogen and oxygen atoms in total. The molecule has 1 heterocycles. The predicted octanol–water partition coefficient (Wildman–Crippen LogP) is 3.46. The van der Waals surface area contributed by atoms with Crippen LogP contribution < -0.4 is 9.64 Å². The molecule has 0 radical (unpaired) electrons. The molecule has 2 aromatic carbocycles. The van der Waals surface area contributed by atoms with Crippen molar-refractivity contribution in [3.8, 4) is 5.75 Å².